The van der Waals surface area contributed by atoms with E-state index in [1.807, 2.05) is 27.7 Å². The van der Waals surface area contributed by atoms with Crippen molar-refractivity contribution in [3.63, 3.8) is 0 Å². The van der Waals surface area contributed by atoms with E-state index in [9.17, 15) is 14.3 Å². The van der Waals surface area contributed by atoms with Gasteiger partial charge in [0.1, 0.15) is 0 Å². The van der Waals surface area contributed by atoms with E-state index < -0.39 is 10.6 Å². The van der Waals surface area contributed by atoms with E-state index in [-0.39, 0.29) is 15.9 Å². The molecule has 0 spiro atoms. The number of hydrogen-bond acceptors (Lipinski definition) is 2. The fourth-order valence-corrected chi connectivity index (χ4v) is 3.56. The molecule has 0 atom stereocenters. The van der Waals surface area contributed by atoms with Crippen LogP contribution in [0, 0.1) is 0 Å². The van der Waals surface area contributed by atoms with E-state index >= 15 is 0 Å². The molecule has 0 fully saturated rings. The Bertz CT molecular complexity index is 519. The molecule has 1 aromatic carbocycles. The predicted molar refractivity (Wildman–Crippen MR) is 82.9 cm³/mol. The highest BCUT2D eigenvalue weighted by molar-refractivity contribution is 8.00. The number of halogens is 3. The van der Waals surface area contributed by atoms with Gasteiger partial charge in [-0.3, -0.25) is 0 Å². The van der Waals surface area contributed by atoms with Crippen molar-refractivity contribution in [2.45, 2.75) is 48.3 Å². The van der Waals surface area contributed by atoms with Crippen molar-refractivity contribution >= 4 is 40.9 Å². The number of carbonyl (C=O) groups is 1. The number of carboxylic acids is 1. The second-order valence-electron chi connectivity index (χ2n) is 5.34. The maximum Gasteiger partial charge on any atom is 0.336 e. The van der Waals surface area contributed by atoms with Crippen molar-refractivity contribution in [2.24, 2.45) is 0 Å². The van der Waals surface area contributed by atoms with Gasteiger partial charge in [0.05, 0.1) is 5.56 Å². The van der Waals surface area contributed by atoms with Gasteiger partial charge >= 0.3 is 5.97 Å². The molecule has 0 saturated carbocycles. The van der Waals surface area contributed by atoms with Gasteiger partial charge in [0, 0.05) is 15.2 Å². The smallest absolute Gasteiger partial charge is 0.336 e. The molecule has 112 valence electrons. The lowest BCUT2D eigenvalue weighted by molar-refractivity contribution is 0.0695. The molecule has 1 aromatic rings. The van der Waals surface area contributed by atoms with Gasteiger partial charge in [0.25, 0.3) is 4.59 Å². The molecule has 0 radical (unpaired) electrons. The Morgan fingerprint density at radius 3 is 2.25 bits per heavy atom. The van der Waals surface area contributed by atoms with Gasteiger partial charge in [-0.15, -0.1) is 11.8 Å². The molecule has 0 saturated heterocycles. The Hall–Kier alpha value is -0.450. The molecular formula is C14H17Cl2FO2S. The van der Waals surface area contributed by atoms with E-state index in [0.29, 0.717) is 16.9 Å². The minimum absolute atomic E-state index is 0.0996. The zero-order chi connectivity index (χ0) is 15.7. The molecule has 20 heavy (non-hydrogen) atoms. The number of aromatic carboxylic acids is 1. The molecule has 0 aromatic heterocycles. The molecule has 2 nitrogen and oxygen atoms in total. The molecule has 0 aliphatic carbocycles. The first-order chi connectivity index (χ1) is 8.97. The van der Waals surface area contributed by atoms with Gasteiger partial charge in [-0.2, -0.15) is 0 Å². The summed E-state index contributed by atoms with van der Waals surface area (Å²) in [6, 6.07) is 2.69. The van der Waals surface area contributed by atoms with Crippen LogP contribution in [0.5, 0.6) is 0 Å². The first-order valence-electron chi connectivity index (χ1n) is 6.12. The Morgan fingerprint density at radius 1 is 1.35 bits per heavy atom. The maximum atomic E-state index is 14.0. The number of alkyl halides is 3. The summed E-state index contributed by atoms with van der Waals surface area (Å²) in [6.07, 6.45) is 0.456. The average Bonchev–Trinajstić information content (AvgIpc) is 2.24. The summed E-state index contributed by atoms with van der Waals surface area (Å²) < 4.78 is 11.2. The normalized spacial score (nSPS) is 12.6. The fraction of sp³-hybridized carbons (Fsp3) is 0.500. The van der Waals surface area contributed by atoms with Gasteiger partial charge in [-0.1, -0.05) is 57.0 Å². The molecule has 0 bridgehead atoms. The molecule has 0 unspecified atom stereocenters. The van der Waals surface area contributed by atoms with Crippen molar-refractivity contribution in [3.05, 3.63) is 28.8 Å². The Labute approximate surface area is 132 Å². The lowest BCUT2D eigenvalue weighted by Gasteiger charge is -2.25. The highest BCUT2D eigenvalue weighted by Crippen LogP contribution is 2.46. The quantitative estimate of drug-likeness (QED) is 0.590. The molecule has 0 aliphatic heterocycles. The molecular weight excluding hydrogens is 322 g/mol. The van der Waals surface area contributed by atoms with E-state index in [0.717, 1.165) is 0 Å². The minimum Gasteiger partial charge on any atom is -0.478 e. The molecule has 0 aliphatic rings. The number of rotatable bonds is 4. The van der Waals surface area contributed by atoms with Gasteiger partial charge in [-0.25, -0.2) is 9.18 Å². The zero-order valence-electron chi connectivity index (χ0n) is 11.8. The van der Waals surface area contributed by atoms with Crippen LogP contribution in [0.4, 0.5) is 4.39 Å². The summed E-state index contributed by atoms with van der Waals surface area (Å²) in [5.74, 6) is -1.04. The minimum atomic E-state index is -2.55. The summed E-state index contributed by atoms with van der Waals surface area (Å²) in [6.45, 7) is 7.69. The van der Waals surface area contributed by atoms with Crippen molar-refractivity contribution in [1.82, 2.24) is 0 Å². The highest BCUT2D eigenvalue weighted by atomic mass is 35.5. The van der Waals surface area contributed by atoms with Crippen LogP contribution in [-0.2, 0) is 11.0 Å². The first kappa shape index (κ1) is 17.6. The summed E-state index contributed by atoms with van der Waals surface area (Å²) in [5.41, 5.74) is 0.807. The summed E-state index contributed by atoms with van der Waals surface area (Å²) in [4.78, 5) is 11.8. The number of thioether (sulfide) groups is 1. The fourth-order valence-electron chi connectivity index (χ4n) is 1.83. The first-order valence-corrected chi connectivity index (χ1v) is 7.70. The standard InChI is InChI=1S/C14H17Cl2FO2S/c1-5-8-9(12(18)19)6-7-10(14(15,16)17)11(8)20-13(2,3)4/h6-7H,5H2,1-4H3,(H,18,19). The Kier molecular flexibility index (Phi) is 5.39. The van der Waals surface area contributed by atoms with E-state index in [1.165, 1.54) is 23.9 Å². The summed E-state index contributed by atoms with van der Waals surface area (Å²) in [7, 11) is 0. The number of hydrogen-bond donors (Lipinski definition) is 1. The molecule has 1 rings (SSSR count). The lowest BCUT2D eigenvalue weighted by Crippen LogP contribution is -2.15. The molecule has 1 N–H and O–H groups in total. The number of benzene rings is 1. The molecule has 0 heterocycles. The summed E-state index contributed by atoms with van der Waals surface area (Å²) in [5, 5.41) is 9.24. The monoisotopic (exact) mass is 338 g/mol. The average molecular weight is 339 g/mol. The summed E-state index contributed by atoms with van der Waals surface area (Å²) >= 11 is 12.5. The van der Waals surface area contributed by atoms with Gasteiger partial charge < -0.3 is 5.11 Å². The van der Waals surface area contributed by atoms with Gasteiger partial charge in [0.15, 0.2) is 0 Å². The van der Waals surface area contributed by atoms with Crippen LogP contribution in [0.1, 0.15) is 49.2 Å². The van der Waals surface area contributed by atoms with Gasteiger partial charge in [-0.05, 0) is 18.1 Å². The van der Waals surface area contributed by atoms with Crippen molar-refractivity contribution < 1.29 is 14.3 Å². The third-order valence-electron chi connectivity index (χ3n) is 2.56. The molecule has 0 amide bonds. The van der Waals surface area contributed by atoms with Crippen molar-refractivity contribution in [1.29, 1.82) is 0 Å². The third-order valence-corrected chi connectivity index (χ3v) is 4.25. The largest absolute Gasteiger partial charge is 0.478 e. The second kappa shape index (κ2) is 6.12. The zero-order valence-corrected chi connectivity index (χ0v) is 14.1. The number of carboxylic acid groups (broad SMARTS) is 1. The van der Waals surface area contributed by atoms with E-state index in [2.05, 4.69) is 0 Å². The SMILES string of the molecule is CCc1c(C(=O)O)ccc(C(F)(Cl)Cl)c1SC(C)(C)C. The van der Waals surface area contributed by atoms with Crippen LogP contribution in [0.2, 0.25) is 0 Å². The lowest BCUT2D eigenvalue weighted by atomic mass is 10.0. The third kappa shape index (κ3) is 4.27. The van der Waals surface area contributed by atoms with Crippen LogP contribution < -0.4 is 0 Å². The van der Waals surface area contributed by atoms with Gasteiger partial charge in [0.2, 0.25) is 0 Å². The Morgan fingerprint density at radius 2 is 1.90 bits per heavy atom. The predicted octanol–water partition coefficient (Wildman–Crippen LogP) is 5.40. The van der Waals surface area contributed by atoms with Crippen LogP contribution >= 0.6 is 35.0 Å². The topological polar surface area (TPSA) is 37.3 Å². The highest BCUT2D eigenvalue weighted by Gasteiger charge is 2.33. The van der Waals surface area contributed by atoms with Crippen LogP contribution in [-0.4, -0.2) is 15.8 Å². The van der Waals surface area contributed by atoms with Crippen LogP contribution in [0.25, 0.3) is 0 Å². The van der Waals surface area contributed by atoms with Crippen LogP contribution in [0.15, 0.2) is 17.0 Å². The maximum absolute atomic E-state index is 14.0. The van der Waals surface area contributed by atoms with Crippen molar-refractivity contribution in [2.75, 3.05) is 0 Å². The second-order valence-corrected chi connectivity index (χ2v) is 8.41. The molecule has 6 heteroatoms. The Balaban J connectivity index is 3.60. The van der Waals surface area contributed by atoms with E-state index in [1.54, 1.807) is 0 Å². The van der Waals surface area contributed by atoms with Crippen LogP contribution in [0.3, 0.4) is 0 Å². The van der Waals surface area contributed by atoms with Crippen molar-refractivity contribution in [3.8, 4) is 0 Å². The van der Waals surface area contributed by atoms with E-state index in [4.69, 9.17) is 23.2 Å².